The molecule has 1 saturated carbocycles. The molecule has 106 valence electrons. The van der Waals surface area contributed by atoms with Crippen molar-refractivity contribution in [2.45, 2.75) is 51.7 Å². The van der Waals surface area contributed by atoms with Crippen LogP contribution < -0.4 is 10.6 Å². The van der Waals surface area contributed by atoms with Crippen LogP contribution in [0.25, 0.3) is 0 Å². The average molecular weight is 263 g/mol. The summed E-state index contributed by atoms with van der Waals surface area (Å²) in [5.74, 6) is 0.728. The molecule has 4 heteroatoms. The smallest absolute Gasteiger partial charge is 0.222 e. The Morgan fingerprint density at radius 2 is 2.21 bits per heavy atom. The summed E-state index contributed by atoms with van der Waals surface area (Å²) in [7, 11) is 1.99. The van der Waals surface area contributed by atoms with Crippen LogP contribution in [0.4, 0.5) is 0 Å². The lowest BCUT2D eigenvalue weighted by molar-refractivity contribution is -0.121. The van der Waals surface area contributed by atoms with E-state index in [2.05, 4.69) is 47.5 Å². The molecule has 4 nitrogen and oxygen atoms in total. The number of aryl methyl sites for hydroxylation is 1. The topological polar surface area (TPSA) is 46.1 Å². The van der Waals surface area contributed by atoms with Gasteiger partial charge in [-0.2, -0.15) is 0 Å². The summed E-state index contributed by atoms with van der Waals surface area (Å²) < 4.78 is 2.11. The molecule has 19 heavy (non-hydrogen) atoms. The van der Waals surface area contributed by atoms with E-state index in [1.165, 1.54) is 5.56 Å². The molecule has 1 fully saturated rings. The van der Waals surface area contributed by atoms with Crippen molar-refractivity contribution >= 4 is 5.91 Å². The van der Waals surface area contributed by atoms with Gasteiger partial charge in [0.1, 0.15) is 0 Å². The number of hydrogen-bond donors (Lipinski definition) is 2. The zero-order chi connectivity index (χ0) is 13.8. The first-order chi connectivity index (χ1) is 9.10. The minimum absolute atomic E-state index is 0.173. The summed E-state index contributed by atoms with van der Waals surface area (Å²) in [5.41, 5.74) is 1.29. The number of carbonyl (C=O) groups is 1. The third kappa shape index (κ3) is 4.10. The van der Waals surface area contributed by atoms with Gasteiger partial charge in [0.15, 0.2) is 0 Å². The SMILES string of the molecule is CNC(c1ccn(CCC(=O)NC2CC2)c1)C(C)C. The van der Waals surface area contributed by atoms with Crippen LogP contribution in [0.2, 0.25) is 0 Å². The lowest BCUT2D eigenvalue weighted by Crippen LogP contribution is -2.26. The van der Waals surface area contributed by atoms with Crippen molar-refractivity contribution in [3.8, 4) is 0 Å². The molecule has 0 saturated heterocycles. The van der Waals surface area contributed by atoms with Crippen LogP contribution in [0.3, 0.4) is 0 Å². The first kappa shape index (κ1) is 14.1. The molecular formula is C15H25N3O. The van der Waals surface area contributed by atoms with Gasteiger partial charge in [-0.15, -0.1) is 0 Å². The van der Waals surface area contributed by atoms with Crippen LogP contribution in [0, 0.1) is 5.92 Å². The fourth-order valence-corrected chi connectivity index (χ4v) is 2.43. The normalized spacial score (nSPS) is 16.6. The quantitative estimate of drug-likeness (QED) is 0.791. The lowest BCUT2D eigenvalue weighted by atomic mass is 9.99. The average Bonchev–Trinajstić information content (AvgIpc) is 3.04. The second-order valence-corrected chi connectivity index (χ2v) is 5.78. The molecule has 0 spiro atoms. The van der Waals surface area contributed by atoms with Gasteiger partial charge in [0.25, 0.3) is 0 Å². The highest BCUT2D eigenvalue weighted by molar-refractivity contribution is 5.76. The Hall–Kier alpha value is -1.29. The maximum atomic E-state index is 11.6. The van der Waals surface area contributed by atoms with E-state index in [-0.39, 0.29) is 5.91 Å². The molecule has 2 N–H and O–H groups in total. The van der Waals surface area contributed by atoms with Crippen LogP contribution in [0.1, 0.15) is 44.7 Å². The second-order valence-electron chi connectivity index (χ2n) is 5.78. The second kappa shape index (κ2) is 6.24. The largest absolute Gasteiger partial charge is 0.353 e. The van der Waals surface area contributed by atoms with Crippen LogP contribution in [0.5, 0.6) is 0 Å². The summed E-state index contributed by atoms with van der Waals surface area (Å²) >= 11 is 0. The highest BCUT2D eigenvalue weighted by atomic mass is 16.1. The van der Waals surface area contributed by atoms with E-state index in [1.54, 1.807) is 0 Å². The van der Waals surface area contributed by atoms with Crippen molar-refractivity contribution in [1.29, 1.82) is 0 Å². The van der Waals surface area contributed by atoms with Crippen molar-refractivity contribution in [1.82, 2.24) is 15.2 Å². The highest BCUT2D eigenvalue weighted by Gasteiger charge is 2.22. The number of nitrogens with one attached hydrogen (secondary N) is 2. The summed E-state index contributed by atoms with van der Waals surface area (Å²) in [6.45, 7) is 5.18. The molecule has 1 aliphatic rings. The fraction of sp³-hybridized carbons (Fsp3) is 0.667. The van der Waals surface area contributed by atoms with Crippen molar-refractivity contribution in [3.63, 3.8) is 0 Å². The molecule has 0 aromatic carbocycles. The van der Waals surface area contributed by atoms with Gasteiger partial charge < -0.3 is 15.2 Å². The minimum atomic E-state index is 0.173. The van der Waals surface area contributed by atoms with Gasteiger partial charge >= 0.3 is 0 Å². The van der Waals surface area contributed by atoms with E-state index >= 15 is 0 Å². The Labute approximate surface area is 115 Å². The number of amides is 1. The summed E-state index contributed by atoms with van der Waals surface area (Å²) in [4.78, 5) is 11.6. The van der Waals surface area contributed by atoms with Gasteiger partial charge in [-0.25, -0.2) is 0 Å². The molecule has 0 radical (unpaired) electrons. The Morgan fingerprint density at radius 3 is 2.79 bits per heavy atom. The maximum Gasteiger partial charge on any atom is 0.222 e. The standard InChI is InChI=1S/C15H25N3O/c1-11(2)15(16-3)12-6-8-18(10-12)9-7-14(19)17-13-4-5-13/h6,8,10-11,13,15-16H,4-5,7,9H2,1-3H3,(H,17,19). The Balaban J connectivity index is 1.84. The number of hydrogen-bond acceptors (Lipinski definition) is 2. The first-order valence-corrected chi connectivity index (χ1v) is 7.22. The lowest BCUT2D eigenvalue weighted by Gasteiger charge is -2.18. The molecule has 1 aromatic rings. The Bertz CT molecular complexity index is 421. The van der Waals surface area contributed by atoms with Crippen LogP contribution in [0.15, 0.2) is 18.5 Å². The zero-order valence-corrected chi connectivity index (χ0v) is 12.1. The minimum Gasteiger partial charge on any atom is -0.353 e. The molecule has 1 heterocycles. The van der Waals surface area contributed by atoms with E-state index in [0.717, 1.165) is 19.4 Å². The maximum absolute atomic E-state index is 11.6. The van der Waals surface area contributed by atoms with E-state index in [1.807, 2.05) is 7.05 Å². The van der Waals surface area contributed by atoms with Crippen molar-refractivity contribution in [3.05, 3.63) is 24.0 Å². The molecule has 1 aromatic heterocycles. The molecule has 0 bridgehead atoms. The molecule has 1 aliphatic carbocycles. The van der Waals surface area contributed by atoms with Crippen molar-refractivity contribution < 1.29 is 4.79 Å². The third-order valence-corrected chi connectivity index (χ3v) is 3.65. The van der Waals surface area contributed by atoms with Crippen LogP contribution >= 0.6 is 0 Å². The Morgan fingerprint density at radius 1 is 1.47 bits per heavy atom. The van der Waals surface area contributed by atoms with Gasteiger partial charge in [0, 0.05) is 37.4 Å². The predicted molar refractivity (Wildman–Crippen MR) is 76.9 cm³/mol. The van der Waals surface area contributed by atoms with Crippen LogP contribution in [-0.4, -0.2) is 23.6 Å². The highest BCUT2D eigenvalue weighted by Crippen LogP contribution is 2.21. The Kier molecular flexibility index (Phi) is 4.64. The van der Waals surface area contributed by atoms with Gasteiger partial charge in [0.05, 0.1) is 0 Å². The fourth-order valence-electron chi connectivity index (χ4n) is 2.43. The van der Waals surface area contributed by atoms with Crippen LogP contribution in [-0.2, 0) is 11.3 Å². The van der Waals surface area contributed by atoms with E-state index in [0.29, 0.717) is 24.4 Å². The monoisotopic (exact) mass is 263 g/mol. The summed E-state index contributed by atoms with van der Waals surface area (Å²) in [6, 6.07) is 2.98. The zero-order valence-electron chi connectivity index (χ0n) is 12.1. The number of rotatable bonds is 7. The van der Waals surface area contributed by atoms with Gasteiger partial charge in [0.2, 0.25) is 5.91 Å². The molecular weight excluding hydrogens is 238 g/mol. The van der Waals surface area contributed by atoms with Crippen molar-refractivity contribution in [2.24, 2.45) is 5.92 Å². The molecule has 0 aliphatic heterocycles. The molecule has 2 rings (SSSR count). The summed E-state index contributed by atoms with van der Waals surface area (Å²) in [6.07, 6.45) is 7.07. The van der Waals surface area contributed by atoms with Gasteiger partial charge in [-0.1, -0.05) is 13.8 Å². The van der Waals surface area contributed by atoms with E-state index in [4.69, 9.17) is 0 Å². The first-order valence-electron chi connectivity index (χ1n) is 7.22. The van der Waals surface area contributed by atoms with E-state index < -0.39 is 0 Å². The predicted octanol–water partition coefficient (Wildman–Crippen LogP) is 2.07. The summed E-state index contributed by atoms with van der Waals surface area (Å²) in [5, 5.41) is 6.36. The van der Waals surface area contributed by atoms with Gasteiger partial charge in [-0.3, -0.25) is 4.79 Å². The molecule has 1 atom stereocenters. The van der Waals surface area contributed by atoms with E-state index in [9.17, 15) is 4.79 Å². The third-order valence-electron chi connectivity index (χ3n) is 3.65. The molecule has 1 unspecified atom stereocenters. The van der Waals surface area contributed by atoms with Gasteiger partial charge in [-0.05, 0) is 37.4 Å². The van der Waals surface area contributed by atoms with Crippen molar-refractivity contribution in [2.75, 3.05) is 7.05 Å². The number of aromatic nitrogens is 1. The number of carbonyl (C=O) groups excluding carboxylic acids is 1. The molecule has 1 amide bonds. The number of nitrogens with zero attached hydrogens (tertiary/aromatic N) is 1.